The van der Waals surface area contributed by atoms with Crippen LogP contribution >= 0.6 is 0 Å². The lowest BCUT2D eigenvalue weighted by Crippen LogP contribution is -2.31. The van der Waals surface area contributed by atoms with E-state index in [2.05, 4.69) is 16.0 Å². The number of ether oxygens (including phenoxy) is 1. The number of amides is 1. The van der Waals surface area contributed by atoms with Crippen LogP contribution in [-0.4, -0.2) is 46.7 Å². The quantitative estimate of drug-likeness (QED) is 0.659. The number of aromatic nitrogens is 2. The average molecular weight is 405 g/mol. The van der Waals surface area contributed by atoms with Crippen molar-refractivity contribution < 1.29 is 9.53 Å². The summed E-state index contributed by atoms with van der Waals surface area (Å²) in [6.07, 6.45) is 6.34. The number of H-pyrrole nitrogens is 1. The molecule has 1 aliphatic carbocycles. The number of benzene rings is 1. The number of primary amides is 1. The van der Waals surface area contributed by atoms with Gasteiger partial charge in [-0.2, -0.15) is 0 Å². The fourth-order valence-electron chi connectivity index (χ4n) is 4.32. The molecule has 0 spiro atoms. The Bertz CT molecular complexity index is 1150. The highest BCUT2D eigenvalue weighted by Gasteiger charge is 2.45. The molecular weight excluding hydrogens is 380 g/mol. The van der Waals surface area contributed by atoms with Crippen LogP contribution in [0.15, 0.2) is 41.3 Å². The Morgan fingerprint density at radius 3 is 2.77 bits per heavy atom. The van der Waals surface area contributed by atoms with Crippen molar-refractivity contribution in [3.05, 3.63) is 52.9 Å². The van der Waals surface area contributed by atoms with E-state index in [4.69, 9.17) is 10.5 Å². The van der Waals surface area contributed by atoms with E-state index in [1.165, 1.54) is 45.0 Å². The van der Waals surface area contributed by atoms with Crippen LogP contribution < -0.4 is 16.0 Å². The second-order valence-corrected chi connectivity index (χ2v) is 8.57. The zero-order valence-electron chi connectivity index (χ0n) is 16.8. The third kappa shape index (κ3) is 3.61. The van der Waals surface area contributed by atoms with Gasteiger partial charge in [0.25, 0.3) is 5.56 Å². The molecule has 0 unspecified atom stereocenters. The molecule has 1 saturated heterocycles. The highest BCUT2D eigenvalue weighted by atomic mass is 16.5. The van der Waals surface area contributed by atoms with Crippen LogP contribution in [0, 0.1) is 11.5 Å². The minimum absolute atomic E-state index is 0.308. The first-order valence-electron chi connectivity index (χ1n) is 10.4. The number of likely N-dealkylation sites (tertiary alicyclic amines) is 1. The normalized spacial score (nSPS) is 18.0. The Labute approximate surface area is 174 Å². The molecule has 1 saturated carbocycles. The van der Waals surface area contributed by atoms with Gasteiger partial charge in [0.15, 0.2) is 0 Å². The molecule has 1 aromatic carbocycles. The van der Waals surface area contributed by atoms with Crippen molar-refractivity contribution >= 4 is 16.9 Å². The summed E-state index contributed by atoms with van der Waals surface area (Å²) in [5.41, 5.74) is 6.95. The summed E-state index contributed by atoms with van der Waals surface area (Å²) in [5, 5.41) is 0.945. The topological polar surface area (TPSA) is 93.3 Å². The van der Waals surface area contributed by atoms with Gasteiger partial charge in [-0.05, 0) is 69.1 Å². The summed E-state index contributed by atoms with van der Waals surface area (Å²) in [6.45, 7) is 4.31. The number of hydrogen-bond acceptors (Lipinski definition) is 4. The molecule has 2 fully saturated rings. The summed E-state index contributed by atoms with van der Waals surface area (Å²) >= 11 is 0. The number of rotatable bonds is 6. The number of nitrogens with zero attached hydrogens (tertiary/aromatic N) is 2. The minimum Gasteiger partial charge on any atom is -0.493 e. The molecule has 3 heterocycles. The maximum absolute atomic E-state index is 12.5. The van der Waals surface area contributed by atoms with E-state index >= 15 is 0 Å². The van der Waals surface area contributed by atoms with Crippen LogP contribution in [0.2, 0.25) is 0 Å². The SMILES string of the molecule is NC(=O)n1c[c]cc(-c2cc3cc(OCC4(CN5CCCC5)CC4)ccc3[nH]2)c1=O. The molecule has 155 valence electrons. The lowest BCUT2D eigenvalue weighted by molar-refractivity contribution is 0.179. The highest BCUT2D eigenvalue weighted by Crippen LogP contribution is 2.47. The molecule has 2 aromatic heterocycles. The molecule has 3 N–H and O–H groups in total. The van der Waals surface area contributed by atoms with Gasteiger partial charge >= 0.3 is 6.03 Å². The van der Waals surface area contributed by atoms with Gasteiger partial charge in [-0.1, -0.05) is 0 Å². The fraction of sp³-hybridized carbons (Fsp3) is 0.391. The van der Waals surface area contributed by atoms with Crippen molar-refractivity contribution in [1.82, 2.24) is 14.5 Å². The molecule has 30 heavy (non-hydrogen) atoms. The van der Waals surface area contributed by atoms with Gasteiger partial charge in [-0.15, -0.1) is 0 Å². The second-order valence-electron chi connectivity index (χ2n) is 8.57. The lowest BCUT2D eigenvalue weighted by atomic mass is 10.1. The largest absolute Gasteiger partial charge is 0.493 e. The van der Waals surface area contributed by atoms with Crippen molar-refractivity contribution in [3.8, 4) is 17.0 Å². The monoisotopic (exact) mass is 405 g/mol. The van der Waals surface area contributed by atoms with Gasteiger partial charge in [0.05, 0.1) is 17.9 Å². The van der Waals surface area contributed by atoms with E-state index in [0.29, 0.717) is 16.7 Å². The maximum Gasteiger partial charge on any atom is 0.325 e. The molecule has 7 heteroatoms. The van der Waals surface area contributed by atoms with Gasteiger partial charge in [0.1, 0.15) is 5.75 Å². The minimum atomic E-state index is -0.826. The Hall–Kier alpha value is -3.06. The predicted octanol–water partition coefficient (Wildman–Crippen LogP) is 2.98. The Kier molecular flexibility index (Phi) is 4.62. The lowest BCUT2D eigenvalue weighted by Gasteiger charge is -2.23. The van der Waals surface area contributed by atoms with E-state index in [-0.39, 0.29) is 0 Å². The van der Waals surface area contributed by atoms with E-state index in [9.17, 15) is 9.59 Å². The summed E-state index contributed by atoms with van der Waals surface area (Å²) in [4.78, 5) is 29.7. The first-order chi connectivity index (χ1) is 14.5. The number of nitrogens with one attached hydrogen (secondary N) is 1. The van der Waals surface area contributed by atoms with Crippen LogP contribution in [0.5, 0.6) is 5.75 Å². The Morgan fingerprint density at radius 1 is 1.23 bits per heavy atom. The molecule has 0 atom stereocenters. The van der Waals surface area contributed by atoms with Crippen LogP contribution in [0.4, 0.5) is 4.79 Å². The molecule has 7 nitrogen and oxygen atoms in total. The molecule has 1 aliphatic heterocycles. The smallest absolute Gasteiger partial charge is 0.325 e. The average Bonchev–Trinajstić information content (AvgIpc) is 3.12. The number of aromatic amines is 1. The van der Waals surface area contributed by atoms with Crippen molar-refractivity contribution in [1.29, 1.82) is 0 Å². The van der Waals surface area contributed by atoms with Gasteiger partial charge < -0.3 is 20.4 Å². The highest BCUT2D eigenvalue weighted by molar-refractivity contribution is 5.87. The molecule has 1 radical (unpaired) electrons. The third-order valence-corrected chi connectivity index (χ3v) is 6.26. The summed E-state index contributed by atoms with van der Waals surface area (Å²) in [7, 11) is 0. The Morgan fingerprint density at radius 2 is 2.03 bits per heavy atom. The van der Waals surface area contributed by atoms with Crippen molar-refractivity contribution in [2.75, 3.05) is 26.2 Å². The predicted molar refractivity (Wildman–Crippen MR) is 115 cm³/mol. The van der Waals surface area contributed by atoms with E-state index in [1.807, 2.05) is 24.3 Å². The van der Waals surface area contributed by atoms with Crippen molar-refractivity contribution in [2.24, 2.45) is 11.1 Å². The van der Waals surface area contributed by atoms with Crippen LogP contribution in [0.25, 0.3) is 22.2 Å². The molecule has 1 amide bonds. The Balaban J connectivity index is 1.34. The van der Waals surface area contributed by atoms with Crippen molar-refractivity contribution in [3.63, 3.8) is 0 Å². The number of nitrogens with two attached hydrogens (primary N) is 1. The summed E-state index contributed by atoms with van der Waals surface area (Å²) in [5.74, 6) is 0.829. The molecule has 2 aliphatic rings. The number of carbonyl (C=O) groups excluding carboxylic acids is 1. The van der Waals surface area contributed by atoms with Gasteiger partial charge in [-0.3, -0.25) is 4.79 Å². The van der Waals surface area contributed by atoms with Crippen molar-refractivity contribution in [2.45, 2.75) is 25.7 Å². The standard InChI is InChI=1S/C23H25N4O3/c24-22(29)27-11-3-4-18(21(27)28)20-13-16-12-17(5-6-19(16)25-20)30-15-23(7-8-23)14-26-9-1-2-10-26/h4-6,11-13,25H,1-2,7-10,14-15H2,(H2,24,29). The maximum atomic E-state index is 12.5. The van der Waals surface area contributed by atoms with Crippen LogP contribution in [0.1, 0.15) is 25.7 Å². The van der Waals surface area contributed by atoms with Gasteiger partial charge in [0.2, 0.25) is 0 Å². The summed E-state index contributed by atoms with van der Waals surface area (Å²) < 4.78 is 7.02. The van der Waals surface area contributed by atoms with E-state index in [0.717, 1.165) is 34.4 Å². The second kappa shape index (κ2) is 7.32. The summed E-state index contributed by atoms with van der Waals surface area (Å²) in [6, 6.07) is 11.3. The van der Waals surface area contributed by atoms with Crippen LogP contribution in [0.3, 0.4) is 0 Å². The van der Waals surface area contributed by atoms with E-state index in [1.54, 1.807) is 6.07 Å². The zero-order chi connectivity index (χ0) is 20.7. The number of carbonyl (C=O) groups is 1. The van der Waals surface area contributed by atoms with Crippen LogP contribution in [-0.2, 0) is 0 Å². The first kappa shape index (κ1) is 18.9. The fourth-order valence-corrected chi connectivity index (χ4v) is 4.32. The molecule has 5 rings (SSSR count). The molecular formula is C23H25N4O3. The first-order valence-corrected chi connectivity index (χ1v) is 10.4. The number of fused-ring (bicyclic) bond motifs is 1. The number of pyridine rings is 1. The van der Waals surface area contributed by atoms with E-state index < -0.39 is 11.6 Å². The third-order valence-electron chi connectivity index (χ3n) is 6.26. The molecule has 3 aromatic rings. The van der Waals surface area contributed by atoms with Gasteiger partial charge in [-0.25, -0.2) is 9.36 Å². The molecule has 0 bridgehead atoms. The zero-order valence-corrected chi connectivity index (χ0v) is 16.8. The number of hydrogen-bond donors (Lipinski definition) is 2. The van der Waals surface area contributed by atoms with Gasteiger partial charge in [0, 0.05) is 35.1 Å².